The van der Waals surface area contributed by atoms with Crippen LogP contribution in [0, 0.1) is 17.8 Å². The molecule has 206 valence electrons. The molecule has 0 radical (unpaired) electrons. The van der Waals surface area contributed by atoms with E-state index in [0.29, 0.717) is 18.3 Å². The van der Waals surface area contributed by atoms with Gasteiger partial charge in [0, 0.05) is 18.3 Å². The minimum absolute atomic E-state index is 0.0483. The van der Waals surface area contributed by atoms with Crippen molar-refractivity contribution in [2.45, 2.75) is 95.8 Å². The highest BCUT2D eigenvalue weighted by Gasteiger charge is 2.44. The first-order valence-electron chi connectivity index (χ1n) is 12.8. The Labute approximate surface area is 213 Å². The van der Waals surface area contributed by atoms with Crippen molar-refractivity contribution in [1.29, 1.82) is 0 Å². The Kier molecular flexibility index (Phi) is 12.4. The van der Waals surface area contributed by atoms with Crippen molar-refractivity contribution in [1.82, 2.24) is 0 Å². The topological polar surface area (TPSA) is 157 Å². The summed E-state index contributed by atoms with van der Waals surface area (Å²) < 4.78 is 10.9. The van der Waals surface area contributed by atoms with Gasteiger partial charge >= 0.3 is 0 Å². The number of rotatable bonds is 14. The average molecular weight is 513 g/mol. The Morgan fingerprint density at radius 3 is 2.19 bits per heavy atom. The van der Waals surface area contributed by atoms with Gasteiger partial charge in [-0.05, 0) is 37.2 Å². The van der Waals surface area contributed by atoms with E-state index in [4.69, 9.17) is 9.47 Å². The number of aliphatic hydroxyl groups is 6. The molecule has 6 N–H and O–H groups in total. The highest BCUT2D eigenvalue weighted by Crippen LogP contribution is 2.30. The summed E-state index contributed by atoms with van der Waals surface area (Å²) in [5, 5.41) is 59.8. The van der Waals surface area contributed by atoms with Crippen LogP contribution in [-0.2, 0) is 14.3 Å². The Morgan fingerprint density at radius 1 is 0.972 bits per heavy atom. The summed E-state index contributed by atoms with van der Waals surface area (Å²) in [4.78, 5) is 13.0. The minimum atomic E-state index is -1.59. The van der Waals surface area contributed by atoms with Gasteiger partial charge in [-0.25, -0.2) is 0 Å². The predicted molar refractivity (Wildman–Crippen MR) is 133 cm³/mol. The van der Waals surface area contributed by atoms with Gasteiger partial charge in [0.25, 0.3) is 0 Å². The van der Waals surface area contributed by atoms with E-state index in [-0.39, 0.29) is 24.7 Å². The zero-order valence-corrected chi connectivity index (χ0v) is 21.7. The molecule has 1 heterocycles. The van der Waals surface area contributed by atoms with E-state index in [1.807, 2.05) is 25.1 Å². The van der Waals surface area contributed by atoms with Crippen LogP contribution in [-0.4, -0.2) is 92.5 Å². The van der Waals surface area contributed by atoms with Crippen LogP contribution in [0.5, 0.6) is 0 Å². The van der Waals surface area contributed by atoms with Crippen molar-refractivity contribution in [2.24, 2.45) is 17.8 Å². The van der Waals surface area contributed by atoms with Gasteiger partial charge < -0.3 is 40.1 Å². The van der Waals surface area contributed by atoms with Gasteiger partial charge in [0.2, 0.25) is 0 Å². The number of Topliss-reactive ketones (excluding diaryl/α,β-unsaturated/α-hetero) is 1. The van der Waals surface area contributed by atoms with E-state index in [1.165, 1.54) is 12.5 Å². The summed E-state index contributed by atoms with van der Waals surface area (Å²) in [6.07, 6.45) is -8.10. The maximum Gasteiger partial charge on any atom is 0.186 e. The second-order valence-corrected chi connectivity index (χ2v) is 10.3. The van der Waals surface area contributed by atoms with E-state index < -0.39 is 55.4 Å². The minimum Gasteiger partial charge on any atom is -0.394 e. The number of ether oxygens (including phenoxy) is 2. The van der Waals surface area contributed by atoms with Crippen LogP contribution in [0.3, 0.4) is 0 Å². The fraction of sp³-hybridized carbons (Fsp3) is 0.741. The number of benzene rings is 1. The molecule has 0 bridgehead atoms. The maximum atomic E-state index is 13.0. The van der Waals surface area contributed by atoms with Gasteiger partial charge in [-0.3, -0.25) is 4.79 Å². The van der Waals surface area contributed by atoms with E-state index in [2.05, 4.69) is 26.0 Å². The average Bonchev–Trinajstić information content (AvgIpc) is 2.88. The third-order valence-electron chi connectivity index (χ3n) is 7.55. The number of carbonyl (C=O) groups is 1. The molecule has 0 aliphatic carbocycles. The van der Waals surface area contributed by atoms with Gasteiger partial charge in [0.15, 0.2) is 6.29 Å². The van der Waals surface area contributed by atoms with Crippen LogP contribution in [0.25, 0.3) is 0 Å². The summed E-state index contributed by atoms with van der Waals surface area (Å²) in [6, 6.07) is 10.2. The van der Waals surface area contributed by atoms with Crippen molar-refractivity contribution in [3.63, 3.8) is 0 Å². The van der Waals surface area contributed by atoms with Gasteiger partial charge in [-0.15, -0.1) is 0 Å². The van der Waals surface area contributed by atoms with Crippen molar-refractivity contribution in [3.05, 3.63) is 35.9 Å². The number of carbonyl (C=O) groups excluding carboxylic acids is 1. The maximum absolute atomic E-state index is 13.0. The fourth-order valence-corrected chi connectivity index (χ4v) is 4.56. The van der Waals surface area contributed by atoms with Gasteiger partial charge in [-0.2, -0.15) is 0 Å². The summed E-state index contributed by atoms with van der Waals surface area (Å²) in [6.45, 7) is 6.77. The summed E-state index contributed by atoms with van der Waals surface area (Å²) >= 11 is 0. The zero-order chi connectivity index (χ0) is 27.0. The molecule has 0 aromatic heterocycles. The third-order valence-corrected chi connectivity index (χ3v) is 7.55. The third kappa shape index (κ3) is 8.29. The molecular formula is C27H44O9. The highest BCUT2D eigenvalue weighted by molar-refractivity contribution is 5.80. The van der Waals surface area contributed by atoms with Crippen LogP contribution in [0.4, 0.5) is 0 Å². The molecule has 1 fully saturated rings. The summed E-state index contributed by atoms with van der Waals surface area (Å²) in [5.74, 6) is -0.391. The monoisotopic (exact) mass is 512 g/mol. The van der Waals surface area contributed by atoms with E-state index in [1.54, 1.807) is 0 Å². The molecule has 9 nitrogen and oxygen atoms in total. The molecule has 8 unspecified atom stereocenters. The molecule has 11 atom stereocenters. The number of hydrogen-bond donors (Lipinski definition) is 6. The Balaban J connectivity index is 1.94. The smallest absolute Gasteiger partial charge is 0.186 e. The zero-order valence-electron chi connectivity index (χ0n) is 21.7. The second-order valence-electron chi connectivity index (χ2n) is 10.3. The van der Waals surface area contributed by atoms with Gasteiger partial charge in [0.1, 0.15) is 30.2 Å². The van der Waals surface area contributed by atoms with Crippen LogP contribution >= 0.6 is 0 Å². The first kappa shape index (κ1) is 30.8. The van der Waals surface area contributed by atoms with Crippen molar-refractivity contribution >= 4 is 5.78 Å². The first-order valence-corrected chi connectivity index (χ1v) is 12.8. The molecule has 0 amide bonds. The molecule has 1 saturated heterocycles. The fourth-order valence-electron chi connectivity index (χ4n) is 4.56. The van der Waals surface area contributed by atoms with E-state index >= 15 is 0 Å². The predicted octanol–water partition coefficient (Wildman–Crippen LogP) is 0.976. The van der Waals surface area contributed by atoms with E-state index in [9.17, 15) is 35.4 Å². The normalized spacial score (nSPS) is 29.7. The number of ketones is 1. The SMILES string of the molecule is CC(CCC(C)C(C)c1ccccc1)C(=O)C[C@@H](COC1OC(CO)C(O)C(O)C1O)[C@H](O)[C@@H](C)O. The van der Waals surface area contributed by atoms with Crippen LogP contribution in [0.1, 0.15) is 58.4 Å². The lowest BCUT2D eigenvalue weighted by atomic mass is 9.82. The molecular weight excluding hydrogens is 468 g/mol. The quantitative estimate of drug-likeness (QED) is 0.214. The number of aliphatic hydroxyl groups excluding tert-OH is 6. The van der Waals surface area contributed by atoms with Gasteiger partial charge in [-0.1, -0.05) is 51.1 Å². The Bertz CT molecular complexity index is 772. The lowest BCUT2D eigenvalue weighted by Gasteiger charge is -2.40. The molecule has 1 aromatic rings. The molecule has 1 aromatic carbocycles. The van der Waals surface area contributed by atoms with Crippen LogP contribution < -0.4 is 0 Å². The highest BCUT2D eigenvalue weighted by atomic mass is 16.7. The summed E-state index contributed by atoms with van der Waals surface area (Å²) in [7, 11) is 0. The molecule has 0 saturated carbocycles. The second kappa shape index (κ2) is 14.5. The first-order chi connectivity index (χ1) is 17.0. The summed E-state index contributed by atoms with van der Waals surface area (Å²) in [5.41, 5.74) is 1.26. The van der Waals surface area contributed by atoms with E-state index in [0.717, 1.165) is 6.42 Å². The van der Waals surface area contributed by atoms with Crippen LogP contribution in [0.2, 0.25) is 0 Å². The van der Waals surface area contributed by atoms with Crippen LogP contribution in [0.15, 0.2) is 30.3 Å². The lowest BCUT2D eigenvalue weighted by molar-refractivity contribution is -0.304. The van der Waals surface area contributed by atoms with Gasteiger partial charge in [0.05, 0.1) is 25.4 Å². The molecule has 0 spiro atoms. The molecule has 36 heavy (non-hydrogen) atoms. The van der Waals surface area contributed by atoms with Crippen molar-refractivity contribution in [2.75, 3.05) is 13.2 Å². The van der Waals surface area contributed by atoms with Crippen molar-refractivity contribution in [3.8, 4) is 0 Å². The Morgan fingerprint density at radius 2 is 1.61 bits per heavy atom. The number of hydrogen-bond acceptors (Lipinski definition) is 9. The Hall–Kier alpha value is -1.43. The molecule has 1 aliphatic heterocycles. The molecule has 9 heteroatoms. The molecule has 1 aliphatic rings. The lowest BCUT2D eigenvalue weighted by Crippen LogP contribution is -2.59. The largest absolute Gasteiger partial charge is 0.394 e. The standard InChI is InChI=1S/C27H44O9/c1-15(17(3)19-8-6-5-7-9-19)10-11-16(2)21(30)12-20(23(31)18(4)29)14-35-27-26(34)25(33)24(32)22(13-28)36-27/h5-9,15-18,20,22-29,31-34H,10-14H2,1-4H3/t15?,16?,17?,18-,20+,22?,23-,24?,25?,26?,27?/m1/s1. The molecule has 2 rings (SSSR count). The van der Waals surface area contributed by atoms with Crippen molar-refractivity contribution < 1.29 is 44.9 Å².